The van der Waals surface area contributed by atoms with Crippen LogP contribution in [-0.2, 0) is 0 Å². The molecule has 0 spiro atoms. The van der Waals surface area contributed by atoms with Gasteiger partial charge in [-0.1, -0.05) is 0 Å². The molecule has 0 amide bonds. The van der Waals surface area contributed by atoms with Gasteiger partial charge in [0.1, 0.15) is 11.0 Å². The quantitative estimate of drug-likeness (QED) is 0.233. The van der Waals surface area contributed by atoms with Crippen LogP contribution >= 0.6 is 0 Å². The van der Waals surface area contributed by atoms with Gasteiger partial charge in [-0.05, 0) is 0 Å². The van der Waals surface area contributed by atoms with Crippen LogP contribution in [0.15, 0.2) is 12.7 Å². The molecule has 12 nitrogen and oxygen atoms in total. The maximum Gasteiger partial charge on any atom is 0.224 e. The molecule has 0 aliphatic rings. The highest BCUT2D eigenvalue weighted by molar-refractivity contribution is 5.82. The summed E-state index contributed by atoms with van der Waals surface area (Å²) in [6.07, 6.45) is 2.99. The first-order valence-corrected chi connectivity index (χ1v) is 5.98. The fourth-order valence-corrected chi connectivity index (χ4v) is 1.75. The molecule has 0 saturated heterocycles. The van der Waals surface area contributed by atoms with E-state index in [9.17, 15) is 0 Å². The summed E-state index contributed by atoms with van der Waals surface area (Å²) in [7, 11) is 0. The number of H-pyrrole nitrogens is 2. The van der Waals surface area contributed by atoms with E-state index in [1.54, 1.807) is 0 Å². The topological polar surface area (TPSA) is 213 Å². The zero-order valence-electron chi connectivity index (χ0n) is 11.1. The molecule has 0 saturated carbocycles. The normalized spacial score (nSPS) is 10.5. The molecule has 4 rings (SSSR count). The molecule has 0 aliphatic heterocycles. The van der Waals surface area contributed by atoms with Gasteiger partial charge in [0.05, 0.1) is 12.7 Å². The first-order chi connectivity index (χ1) is 10.5. The molecule has 0 fully saturated rings. The Morgan fingerprint density at radius 3 is 1.45 bits per heavy atom. The molecule has 4 aromatic rings. The molecule has 4 heterocycles. The van der Waals surface area contributed by atoms with E-state index in [4.69, 9.17) is 22.9 Å². The average Bonchev–Trinajstić information content (AvgIpc) is 3.07. The maximum atomic E-state index is 5.50. The van der Waals surface area contributed by atoms with Crippen LogP contribution < -0.4 is 22.9 Å². The second-order valence-corrected chi connectivity index (χ2v) is 4.14. The lowest BCUT2D eigenvalue weighted by Crippen LogP contribution is -1.99. The van der Waals surface area contributed by atoms with E-state index in [2.05, 4.69) is 39.9 Å². The van der Waals surface area contributed by atoms with E-state index >= 15 is 0 Å². The number of imidazole rings is 2. The maximum absolute atomic E-state index is 5.50. The largest absolute Gasteiger partial charge is 0.382 e. The minimum Gasteiger partial charge on any atom is -0.382 e. The molecular formula is C10H12N12. The van der Waals surface area contributed by atoms with Crippen LogP contribution in [0.4, 0.5) is 23.5 Å². The molecule has 0 radical (unpaired) electrons. The van der Waals surface area contributed by atoms with Gasteiger partial charge >= 0.3 is 0 Å². The van der Waals surface area contributed by atoms with E-state index in [0.29, 0.717) is 34.0 Å². The summed E-state index contributed by atoms with van der Waals surface area (Å²) < 4.78 is 0. The summed E-state index contributed by atoms with van der Waals surface area (Å²) >= 11 is 0. The molecule has 0 aliphatic carbocycles. The zero-order valence-corrected chi connectivity index (χ0v) is 11.1. The lowest BCUT2D eigenvalue weighted by molar-refractivity contribution is 1.22. The Balaban J connectivity index is 0.000000131. The Bertz CT molecular complexity index is 860. The SMILES string of the molecule is Nc1nc(N)c2[nH]cnc2n1.Nc1nc(N)c2[nH]cnc2n1. The third-order valence-corrected chi connectivity index (χ3v) is 2.66. The van der Waals surface area contributed by atoms with Crippen LogP contribution in [0.1, 0.15) is 0 Å². The highest BCUT2D eigenvalue weighted by Crippen LogP contribution is 2.13. The summed E-state index contributed by atoms with van der Waals surface area (Å²) in [5, 5.41) is 0. The first-order valence-electron chi connectivity index (χ1n) is 5.98. The van der Waals surface area contributed by atoms with Gasteiger partial charge in [0.15, 0.2) is 22.9 Å². The Hall–Kier alpha value is -3.70. The molecule has 0 unspecified atom stereocenters. The number of nitrogens with two attached hydrogens (primary N) is 4. The molecule has 112 valence electrons. The van der Waals surface area contributed by atoms with Gasteiger partial charge in [-0.2, -0.15) is 19.9 Å². The van der Waals surface area contributed by atoms with Crippen molar-refractivity contribution < 1.29 is 0 Å². The van der Waals surface area contributed by atoms with Gasteiger partial charge in [-0.25, -0.2) is 9.97 Å². The predicted molar refractivity (Wildman–Crippen MR) is 81.0 cm³/mol. The molecule has 0 aromatic carbocycles. The van der Waals surface area contributed by atoms with Crippen molar-refractivity contribution in [3.05, 3.63) is 12.7 Å². The number of nitrogens with one attached hydrogen (secondary N) is 2. The Kier molecular flexibility index (Phi) is 3.02. The highest BCUT2D eigenvalue weighted by Gasteiger charge is 2.04. The van der Waals surface area contributed by atoms with Gasteiger partial charge in [0.25, 0.3) is 0 Å². The van der Waals surface area contributed by atoms with Crippen molar-refractivity contribution >= 4 is 45.9 Å². The number of fused-ring (bicyclic) bond motifs is 2. The van der Waals surface area contributed by atoms with Crippen molar-refractivity contribution in [3.63, 3.8) is 0 Å². The zero-order chi connectivity index (χ0) is 15.7. The fourth-order valence-electron chi connectivity index (χ4n) is 1.75. The molecule has 0 atom stereocenters. The van der Waals surface area contributed by atoms with Crippen molar-refractivity contribution in [2.24, 2.45) is 0 Å². The summed E-state index contributed by atoms with van der Waals surface area (Å²) in [5.41, 5.74) is 23.9. The standard InChI is InChI=1S/2C5H6N6/c2*6-3-2-4(9-1-8-2)11-5(7)10-3/h2*1H,(H5,6,7,8,9,10,11). The van der Waals surface area contributed by atoms with Crippen LogP contribution in [0.25, 0.3) is 22.3 Å². The van der Waals surface area contributed by atoms with Gasteiger partial charge in [0, 0.05) is 0 Å². The summed E-state index contributed by atoms with van der Waals surface area (Å²) in [5.74, 6) is 0.930. The van der Waals surface area contributed by atoms with Crippen LogP contribution in [-0.4, -0.2) is 39.9 Å². The monoisotopic (exact) mass is 300 g/mol. The number of rotatable bonds is 0. The van der Waals surface area contributed by atoms with Gasteiger partial charge in [-0.15, -0.1) is 0 Å². The Morgan fingerprint density at radius 2 is 1.05 bits per heavy atom. The van der Waals surface area contributed by atoms with Crippen molar-refractivity contribution in [1.29, 1.82) is 0 Å². The molecule has 12 heteroatoms. The van der Waals surface area contributed by atoms with Crippen LogP contribution in [0.2, 0.25) is 0 Å². The number of aromatic nitrogens is 8. The van der Waals surface area contributed by atoms with Crippen LogP contribution in [0, 0.1) is 0 Å². The smallest absolute Gasteiger partial charge is 0.224 e. The second-order valence-electron chi connectivity index (χ2n) is 4.14. The molecule has 0 bridgehead atoms. The van der Waals surface area contributed by atoms with E-state index in [1.807, 2.05) is 0 Å². The molecule has 22 heavy (non-hydrogen) atoms. The predicted octanol–water partition coefficient (Wildman–Crippen LogP) is -0.965. The van der Waals surface area contributed by atoms with Gasteiger partial charge in [0.2, 0.25) is 11.9 Å². The van der Waals surface area contributed by atoms with E-state index in [-0.39, 0.29) is 11.9 Å². The van der Waals surface area contributed by atoms with Gasteiger partial charge < -0.3 is 32.9 Å². The van der Waals surface area contributed by atoms with Crippen molar-refractivity contribution in [1.82, 2.24) is 39.9 Å². The minimum atomic E-state index is 0.141. The number of aromatic amines is 2. The minimum absolute atomic E-state index is 0.141. The molecule has 4 aromatic heterocycles. The fraction of sp³-hybridized carbons (Fsp3) is 0. The van der Waals surface area contributed by atoms with Crippen LogP contribution in [0.3, 0.4) is 0 Å². The second kappa shape index (κ2) is 5.01. The van der Waals surface area contributed by atoms with E-state index < -0.39 is 0 Å². The van der Waals surface area contributed by atoms with Crippen molar-refractivity contribution in [2.75, 3.05) is 22.9 Å². The van der Waals surface area contributed by atoms with E-state index in [1.165, 1.54) is 12.7 Å². The molecular weight excluding hydrogens is 288 g/mol. The summed E-state index contributed by atoms with van der Waals surface area (Å²) in [6.45, 7) is 0. The van der Waals surface area contributed by atoms with Gasteiger partial charge in [-0.3, -0.25) is 0 Å². The number of anilines is 4. The number of nitrogens with zero attached hydrogens (tertiary/aromatic N) is 6. The Morgan fingerprint density at radius 1 is 0.636 bits per heavy atom. The lowest BCUT2D eigenvalue weighted by atomic mass is 10.5. The van der Waals surface area contributed by atoms with Crippen LogP contribution in [0.5, 0.6) is 0 Å². The average molecular weight is 300 g/mol. The number of hydrogen-bond acceptors (Lipinski definition) is 10. The Labute approximate surface area is 122 Å². The lowest BCUT2D eigenvalue weighted by Gasteiger charge is -1.94. The van der Waals surface area contributed by atoms with Crippen molar-refractivity contribution in [2.45, 2.75) is 0 Å². The number of hydrogen-bond donors (Lipinski definition) is 6. The summed E-state index contributed by atoms with van der Waals surface area (Å²) in [4.78, 5) is 28.5. The third-order valence-electron chi connectivity index (χ3n) is 2.66. The third kappa shape index (κ3) is 2.35. The first kappa shape index (κ1) is 13.3. The number of nitrogen functional groups attached to an aromatic ring is 4. The highest BCUT2D eigenvalue weighted by atomic mass is 15.1. The molecule has 10 N–H and O–H groups in total. The van der Waals surface area contributed by atoms with E-state index in [0.717, 1.165) is 0 Å². The van der Waals surface area contributed by atoms with Crippen molar-refractivity contribution in [3.8, 4) is 0 Å². The summed E-state index contributed by atoms with van der Waals surface area (Å²) in [6, 6.07) is 0.